The summed E-state index contributed by atoms with van der Waals surface area (Å²) in [5, 5.41) is 0. The van der Waals surface area contributed by atoms with Gasteiger partial charge in [-0.3, -0.25) is 9.69 Å². The van der Waals surface area contributed by atoms with Crippen LogP contribution in [0.5, 0.6) is 0 Å². The van der Waals surface area contributed by atoms with Crippen molar-refractivity contribution in [1.82, 2.24) is 9.80 Å². The van der Waals surface area contributed by atoms with Gasteiger partial charge in [0.1, 0.15) is 0 Å². The number of nitrogens with zero attached hydrogens (tertiary/aromatic N) is 2. The Labute approximate surface area is 174 Å². The molecule has 160 valence electrons. The second kappa shape index (κ2) is 7.36. The van der Waals surface area contributed by atoms with Crippen LogP contribution in [0, 0.1) is 16.7 Å². The number of amides is 1. The highest BCUT2D eigenvalue weighted by molar-refractivity contribution is 7.90. The van der Waals surface area contributed by atoms with Crippen molar-refractivity contribution >= 4 is 15.7 Å². The molecule has 1 aromatic carbocycles. The Morgan fingerprint density at radius 1 is 1.17 bits per heavy atom. The molecule has 7 heteroatoms. The minimum atomic E-state index is -3.21. The van der Waals surface area contributed by atoms with Crippen LogP contribution in [0.3, 0.4) is 0 Å². The second-order valence-electron chi connectivity index (χ2n) is 9.84. The molecule has 0 unspecified atom stereocenters. The largest absolute Gasteiger partial charge is 0.379 e. The number of likely N-dealkylation sites (tertiary alicyclic amines) is 1. The van der Waals surface area contributed by atoms with E-state index in [0.29, 0.717) is 17.2 Å². The molecule has 3 fully saturated rings. The Morgan fingerprint density at radius 3 is 2.41 bits per heavy atom. The zero-order valence-corrected chi connectivity index (χ0v) is 18.5. The average molecular weight is 421 g/mol. The number of carbonyl (C=O) groups excluding carboxylic acids is 1. The van der Waals surface area contributed by atoms with Crippen LogP contribution in [0.4, 0.5) is 0 Å². The van der Waals surface area contributed by atoms with Crippen LogP contribution in [0.15, 0.2) is 29.2 Å². The maximum absolute atomic E-state index is 13.0. The molecule has 2 atom stereocenters. The summed E-state index contributed by atoms with van der Waals surface area (Å²) in [6.07, 6.45) is 2.68. The first-order valence-electron chi connectivity index (χ1n) is 10.5. The summed E-state index contributed by atoms with van der Waals surface area (Å²) >= 11 is 0. The molecule has 0 bridgehead atoms. The molecule has 4 rings (SSSR count). The maximum atomic E-state index is 13.0. The first kappa shape index (κ1) is 20.8. The van der Waals surface area contributed by atoms with E-state index in [2.05, 4.69) is 18.7 Å². The Morgan fingerprint density at radius 2 is 1.83 bits per heavy atom. The molecule has 2 aliphatic heterocycles. The first-order valence-corrected chi connectivity index (χ1v) is 12.4. The number of hydrogen-bond donors (Lipinski definition) is 0. The summed E-state index contributed by atoms with van der Waals surface area (Å²) in [5.41, 5.74) is 1.35. The van der Waals surface area contributed by atoms with Crippen LogP contribution in [-0.2, 0) is 25.8 Å². The van der Waals surface area contributed by atoms with E-state index < -0.39 is 9.84 Å². The van der Waals surface area contributed by atoms with E-state index in [1.165, 1.54) is 6.26 Å². The molecule has 1 aromatic rings. The van der Waals surface area contributed by atoms with Crippen molar-refractivity contribution in [3.8, 4) is 0 Å². The van der Waals surface area contributed by atoms with Crippen molar-refractivity contribution < 1.29 is 17.9 Å². The number of hydrogen-bond acceptors (Lipinski definition) is 5. The zero-order valence-electron chi connectivity index (χ0n) is 17.7. The third-order valence-electron chi connectivity index (χ3n) is 7.10. The van der Waals surface area contributed by atoms with Crippen LogP contribution in [0.25, 0.3) is 0 Å². The normalized spacial score (nSPS) is 29.3. The average Bonchev–Trinajstić information content (AvgIpc) is 2.97. The molecule has 0 N–H and O–H groups in total. The fourth-order valence-electron chi connectivity index (χ4n) is 5.88. The molecule has 2 heterocycles. The van der Waals surface area contributed by atoms with Gasteiger partial charge >= 0.3 is 0 Å². The quantitative estimate of drug-likeness (QED) is 0.727. The minimum absolute atomic E-state index is 0.142. The molecule has 0 radical (unpaired) electrons. The Bertz CT molecular complexity index is 875. The maximum Gasteiger partial charge on any atom is 0.227 e. The summed E-state index contributed by atoms with van der Waals surface area (Å²) < 4.78 is 28.7. The SMILES string of the molecule is CC1(C)C[C@]2(CN3CCOCC3)CN(C(=O)Cc3ccc(S(C)(=O)=O)cc3)C[C@H]12. The third-order valence-corrected chi connectivity index (χ3v) is 8.23. The number of benzene rings is 1. The van der Waals surface area contributed by atoms with E-state index in [9.17, 15) is 13.2 Å². The topological polar surface area (TPSA) is 66.9 Å². The summed E-state index contributed by atoms with van der Waals surface area (Å²) in [4.78, 5) is 17.9. The summed E-state index contributed by atoms with van der Waals surface area (Å²) in [6.45, 7) is 10.9. The predicted octanol–water partition coefficient (Wildman–Crippen LogP) is 1.84. The monoisotopic (exact) mass is 420 g/mol. The molecule has 1 aliphatic carbocycles. The smallest absolute Gasteiger partial charge is 0.227 e. The van der Waals surface area contributed by atoms with Gasteiger partial charge in [0.2, 0.25) is 5.91 Å². The fourth-order valence-corrected chi connectivity index (χ4v) is 6.51. The highest BCUT2D eigenvalue weighted by atomic mass is 32.2. The van der Waals surface area contributed by atoms with Gasteiger partial charge in [0.05, 0.1) is 24.5 Å². The van der Waals surface area contributed by atoms with Crippen LogP contribution < -0.4 is 0 Å². The standard InChI is InChI=1S/C22H32N2O4S/c1-21(2)14-22(15-23-8-10-28-11-9-23)16-24(13-19(21)22)20(25)12-17-4-6-18(7-5-17)29(3,26)27/h4-7,19H,8-16H2,1-3H3/t19-,22+/m1/s1. The number of fused-ring (bicyclic) bond motifs is 1. The first-order chi connectivity index (χ1) is 13.6. The van der Waals surface area contributed by atoms with Crippen LogP contribution in [0.1, 0.15) is 25.8 Å². The number of carbonyl (C=O) groups is 1. The van der Waals surface area contributed by atoms with Crippen molar-refractivity contribution in [3.63, 3.8) is 0 Å². The van der Waals surface area contributed by atoms with Crippen molar-refractivity contribution in [2.75, 3.05) is 52.2 Å². The number of morpholine rings is 1. The summed E-state index contributed by atoms with van der Waals surface area (Å²) in [6, 6.07) is 6.70. The number of ether oxygens (including phenoxy) is 1. The van der Waals surface area contributed by atoms with Gasteiger partial charge in [0.15, 0.2) is 9.84 Å². The van der Waals surface area contributed by atoms with Gasteiger partial charge in [-0.2, -0.15) is 0 Å². The van der Waals surface area contributed by atoms with Crippen LogP contribution in [-0.4, -0.2) is 76.3 Å². The van der Waals surface area contributed by atoms with E-state index in [4.69, 9.17) is 4.74 Å². The zero-order chi connectivity index (χ0) is 20.9. The van der Waals surface area contributed by atoms with E-state index >= 15 is 0 Å². The van der Waals surface area contributed by atoms with Gasteiger partial charge in [0, 0.05) is 44.4 Å². The lowest BCUT2D eigenvalue weighted by Gasteiger charge is -2.58. The molecular formula is C22H32N2O4S. The fraction of sp³-hybridized carbons (Fsp3) is 0.682. The summed E-state index contributed by atoms with van der Waals surface area (Å²) in [7, 11) is -3.21. The van der Waals surface area contributed by atoms with Crippen molar-refractivity contribution in [2.24, 2.45) is 16.7 Å². The highest BCUT2D eigenvalue weighted by Gasteiger charge is 2.63. The molecule has 1 saturated carbocycles. The van der Waals surface area contributed by atoms with Gasteiger partial charge in [-0.05, 0) is 35.4 Å². The van der Waals surface area contributed by atoms with Crippen molar-refractivity contribution in [2.45, 2.75) is 31.6 Å². The molecule has 2 saturated heterocycles. The highest BCUT2D eigenvalue weighted by Crippen LogP contribution is 2.63. The molecule has 0 aromatic heterocycles. The molecule has 1 amide bonds. The van der Waals surface area contributed by atoms with Gasteiger partial charge in [0.25, 0.3) is 0 Å². The predicted molar refractivity (Wildman–Crippen MR) is 111 cm³/mol. The third kappa shape index (κ3) is 4.09. The molecule has 29 heavy (non-hydrogen) atoms. The van der Waals surface area contributed by atoms with E-state index in [-0.39, 0.29) is 16.7 Å². The molecule has 3 aliphatic rings. The van der Waals surface area contributed by atoms with Gasteiger partial charge in [-0.1, -0.05) is 26.0 Å². The van der Waals surface area contributed by atoms with E-state index in [1.54, 1.807) is 24.3 Å². The number of rotatable bonds is 5. The van der Waals surface area contributed by atoms with E-state index in [1.807, 2.05) is 4.90 Å². The Hall–Kier alpha value is -1.44. The van der Waals surface area contributed by atoms with Crippen LogP contribution in [0.2, 0.25) is 0 Å². The van der Waals surface area contributed by atoms with Gasteiger partial charge in [-0.25, -0.2) is 8.42 Å². The van der Waals surface area contributed by atoms with Crippen LogP contribution >= 0.6 is 0 Å². The van der Waals surface area contributed by atoms with Crippen molar-refractivity contribution in [1.29, 1.82) is 0 Å². The Balaban J connectivity index is 1.43. The lowest BCUT2D eigenvalue weighted by Crippen LogP contribution is -2.59. The van der Waals surface area contributed by atoms with E-state index in [0.717, 1.165) is 57.9 Å². The molecule has 0 spiro atoms. The Kier molecular flexibility index (Phi) is 5.28. The molecule has 6 nitrogen and oxygen atoms in total. The number of sulfone groups is 1. The minimum Gasteiger partial charge on any atom is -0.379 e. The summed E-state index contributed by atoms with van der Waals surface area (Å²) in [5.74, 6) is 0.679. The lowest BCUT2D eigenvalue weighted by atomic mass is 9.48. The van der Waals surface area contributed by atoms with Gasteiger partial charge in [-0.15, -0.1) is 0 Å². The van der Waals surface area contributed by atoms with Crippen molar-refractivity contribution in [3.05, 3.63) is 29.8 Å². The second-order valence-corrected chi connectivity index (χ2v) is 11.9. The molecular weight excluding hydrogens is 388 g/mol. The van der Waals surface area contributed by atoms with Gasteiger partial charge < -0.3 is 9.64 Å². The lowest BCUT2D eigenvalue weighted by molar-refractivity contribution is -0.130.